The van der Waals surface area contributed by atoms with Gasteiger partial charge in [-0.1, -0.05) is 13.8 Å². The molecule has 0 saturated carbocycles. The normalized spacial score (nSPS) is 10.6. The van der Waals surface area contributed by atoms with Crippen LogP contribution in [0.2, 0.25) is 0 Å². The van der Waals surface area contributed by atoms with Gasteiger partial charge in [-0.2, -0.15) is 5.10 Å². The van der Waals surface area contributed by atoms with Crippen LogP contribution in [-0.2, 0) is 0 Å². The zero-order valence-corrected chi connectivity index (χ0v) is 10.4. The van der Waals surface area contributed by atoms with E-state index in [0.717, 1.165) is 5.69 Å². The molecular weight excluding hydrogens is 204 g/mol. The van der Waals surface area contributed by atoms with E-state index in [1.165, 1.54) is 0 Å². The van der Waals surface area contributed by atoms with Gasteiger partial charge >= 0.3 is 6.03 Å². The second kappa shape index (κ2) is 5.53. The standard InChI is InChI=1S/C11H20N4O/c1-5-15(6-2)11(16)12-10-7-9(8(3)4)13-14-10/h7-8H,5-6H2,1-4H3,(H2,12,13,14,16). The van der Waals surface area contributed by atoms with Gasteiger partial charge in [0.25, 0.3) is 0 Å². The second-order valence-corrected chi connectivity index (χ2v) is 3.97. The third kappa shape index (κ3) is 2.98. The second-order valence-electron chi connectivity index (χ2n) is 3.97. The highest BCUT2D eigenvalue weighted by molar-refractivity contribution is 5.88. The Balaban J connectivity index is 2.62. The zero-order valence-electron chi connectivity index (χ0n) is 10.4. The molecule has 16 heavy (non-hydrogen) atoms. The van der Waals surface area contributed by atoms with Crippen molar-refractivity contribution in [3.63, 3.8) is 0 Å². The summed E-state index contributed by atoms with van der Waals surface area (Å²) < 4.78 is 0. The number of urea groups is 1. The van der Waals surface area contributed by atoms with Crippen molar-refractivity contribution in [3.8, 4) is 0 Å². The van der Waals surface area contributed by atoms with Gasteiger partial charge in [-0.15, -0.1) is 0 Å². The van der Waals surface area contributed by atoms with Crippen LogP contribution in [0, 0.1) is 0 Å². The molecule has 1 aromatic heterocycles. The lowest BCUT2D eigenvalue weighted by Crippen LogP contribution is -2.34. The predicted octanol–water partition coefficient (Wildman–Crippen LogP) is 2.41. The van der Waals surface area contributed by atoms with Crippen LogP contribution in [0.3, 0.4) is 0 Å². The minimum atomic E-state index is -0.105. The van der Waals surface area contributed by atoms with Gasteiger partial charge in [-0.25, -0.2) is 4.79 Å². The first-order valence-electron chi connectivity index (χ1n) is 5.69. The maximum absolute atomic E-state index is 11.7. The highest BCUT2D eigenvalue weighted by Gasteiger charge is 2.11. The molecule has 2 amide bonds. The van der Waals surface area contributed by atoms with Crippen molar-refractivity contribution in [2.45, 2.75) is 33.6 Å². The number of carbonyl (C=O) groups excluding carboxylic acids is 1. The van der Waals surface area contributed by atoms with Crippen molar-refractivity contribution in [3.05, 3.63) is 11.8 Å². The highest BCUT2D eigenvalue weighted by Crippen LogP contribution is 2.14. The van der Waals surface area contributed by atoms with Gasteiger partial charge in [0.05, 0.1) is 0 Å². The summed E-state index contributed by atoms with van der Waals surface area (Å²) in [5.41, 5.74) is 1.02. The van der Waals surface area contributed by atoms with E-state index in [1.54, 1.807) is 4.90 Å². The maximum atomic E-state index is 11.7. The van der Waals surface area contributed by atoms with Gasteiger partial charge in [0.2, 0.25) is 0 Å². The number of nitrogens with zero attached hydrogens (tertiary/aromatic N) is 2. The monoisotopic (exact) mass is 224 g/mol. The molecule has 1 rings (SSSR count). The number of H-pyrrole nitrogens is 1. The van der Waals surface area contributed by atoms with Gasteiger partial charge < -0.3 is 4.90 Å². The fourth-order valence-corrected chi connectivity index (χ4v) is 1.40. The average molecular weight is 224 g/mol. The van der Waals surface area contributed by atoms with Crippen LogP contribution in [0.4, 0.5) is 10.6 Å². The number of nitrogens with one attached hydrogen (secondary N) is 2. The minimum absolute atomic E-state index is 0.105. The Morgan fingerprint density at radius 2 is 2.12 bits per heavy atom. The molecule has 0 atom stereocenters. The molecule has 0 aliphatic rings. The Kier molecular flexibility index (Phi) is 4.34. The maximum Gasteiger partial charge on any atom is 0.323 e. The molecular formula is C11H20N4O. The number of anilines is 1. The van der Waals surface area contributed by atoms with Crippen LogP contribution < -0.4 is 5.32 Å². The Hall–Kier alpha value is -1.52. The molecule has 0 saturated heterocycles. The number of hydrogen-bond acceptors (Lipinski definition) is 2. The first-order chi connectivity index (χ1) is 7.58. The van der Waals surface area contributed by atoms with Crippen LogP contribution in [0.25, 0.3) is 0 Å². The molecule has 0 spiro atoms. The van der Waals surface area contributed by atoms with Crippen LogP contribution in [0.15, 0.2) is 6.07 Å². The van der Waals surface area contributed by atoms with E-state index in [1.807, 2.05) is 19.9 Å². The molecule has 2 N–H and O–H groups in total. The summed E-state index contributed by atoms with van der Waals surface area (Å²) in [6, 6.07) is 1.76. The van der Waals surface area contributed by atoms with Crippen molar-refractivity contribution in [2.24, 2.45) is 0 Å². The summed E-state index contributed by atoms with van der Waals surface area (Å²) >= 11 is 0. The molecule has 5 heteroatoms. The third-order valence-electron chi connectivity index (χ3n) is 2.51. The van der Waals surface area contributed by atoms with E-state index in [0.29, 0.717) is 24.8 Å². The van der Waals surface area contributed by atoms with E-state index in [9.17, 15) is 4.79 Å². The number of amides is 2. The smallest absolute Gasteiger partial charge is 0.323 e. The third-order valence-corrected chi connectivity index (χ3v) is 2.51. The van der Waals surface area contributed by atoms with Crippen LogP contribution >= 0.6 is 0 Å². The molecule has 0 unspecified atom stereocenters. The fourth-order valence-electron chi connectivity index (χ4n) is 1.40. The number of carbonyl (C=O) groups is 1. The summed E-state index contributed by atoms with van der Waals surface area (Å²) in [5, 5.41) is 9.71. The number of aromatic amines is 1. The lowest BCUT2D eigenvalue weighted by Gasteiger charge is -2.17. The number of hydrogen-bond donors (Lipinski definition) is 2. The fraction of sp³-hybridized carbons (Fsp3) is 0.636. The molecule has 0 fully saturated rings. The molecule has 0 aromatic carbocycles. The van der Waals surface area contributed by atoms with E-state index < -0.39 is 0 Å². The van der Waals surface area contributed by atoms with Gasteiger partial charge in [-0.3, -0.25) is 10.4 Å². The number of rotatable bonds is 4. The molecule has 0 bridgehead atoms. The molecule has 0 aliphatic carbocycles. The van der Waals surface area contributed by atoms with Gasteiger partial charge in [0.15, 0.2) is 5.82 Å². The van der Waals surface area contributed by atoms with Gasteiger partial charge in [0, 0.05) is 24.8 Å². The van der Waals surface area contributed by atoms with Crippen LogP contribution in [0.5, 0.6) is 0 Å². The molecule has 1 heterocycles. The zero-order chi connectivity index (χ0) is 12.1. The molecule has 0 radical (unpaired) electrons. The van der Waals surface area contributed by atoms with Crippen LogP contribution in [-0.4, -0.2) is 34.2 Å². The van der Waals surface area contributed by atoms with Crippen molar-refractivity contribution in [2.75, 3.05) is 18.4 Å². The summed E-state index contributed by atoms with van der Waals surface area (Å²) in [5.74, 6) is 0.965. The Bertz CT molecular complexity index is 342. The van der Waals surface area contributed by atoms with E-state index >= 15 is 0 Å². The van der Waals surface area contributed by atoms with Crippen molar-refractivity contribution in [1.29, 1.82) is 0 Å². The summed E-state index contributed by atoms with van der Waals surface area (Å²) in [6.07, 6.45) is 0. The van der Waals surface area contributed by atoms with Gasteiger partial charge in [-0.05, 0) is 19.8 Å². The van der Waals surface area contributed by atoms with E-state index in [2.05, 4.69) is 29.4 Å². The molecule has 0 aliphatic heterocycles. The molecule has 1 aromatic rings. The SMILES string of the molecule is CCN(CC)C(=O)Nc1cc(C(C)C)[nH]n1. The first kappa shape index (κ1) is 12.5. The van der Waals surface area contributed by atoms with E-state index in [-0.39, 0.29) is 6.03 Å². The van der Waals surface area contributed by atoms with Crippen molar-refractivity contribution in [1.82, 2.24) is 15.1 Å². The number of aromatic nitrogens is 2. The highest BCUT2D eigenvalue weighted by atomic mass is 16.2. The lowest BCUT2D eigenvalue weighted by molar-refractivity contribution is 0.217. The lowest BCUT2D eigenvalue weighted by atomic mass is 10.1. The van der Waals surface area contributed by atoms with Gasteiger partial charge in [0.1, 0.15) is 0 Å². The van der Waals surface area contributed by atoms with Crippen molar-refractivity contribution >= 4 is 11.8 Å². The summed E-state index contributed by atoms with van der Waals surface area (Å²) in [4.78, 5) is 13.4. The van der Waals surface area contributed by atoms with Crippen LogP contribution in [0.1, 0.15) is 39.3 Å². The Morgan fingerprint density at radius 3 is 2.56 bits per heavy atom. The Morgan fingerprint density at radius 1 is 1.50 bits per heavy atom. The first-order valence-corrected chi connectivity index (χ1v) is 5.69. The molecule has 90 valence electrons. The largest absolute Gasteiger partial charge is 0.325 e. The van der Waals surface area contributed by atoms with Crippen molar-refractivity contribution < 1.29 is 4.79 Å². The quantitative estimate of drug-likeness (QED) is 0.825. The van der Waals surface area contributed by atoms with E-state index in [4.69, 9.17) is 0 Å². The molecule has 5 nitrogen and oxygen atoms in total. The summed E-state index contributed by atoms with van der Waals surface area (Å²) in [6.45, 7) is 9.45. The minimum Gasteiger partial charge on any atom is -0.325 e. The topological polar surface area (TPSA) is 61.0 Å². The Labute approximate surface area is 96.2 Å². The predicted molar refractivity (Wildman–Crippen MR) is 64.6 cm³/mol. The summed E-state index contributed by atoms with van der Waals surface area (Å²) in [7, 11) is 0. The average Bonchev–Trinajstić information content (AvgIpc) is 2.68.